The average Bonchev–Trinajstić information content (AvgIpc) is 0. The molecule has 0 aliphatic heterocycles. The fraction of sp³-hybridized carbons (Fsp3) is 0. The fourth-order valence-corrected chi connectivity index (χ4v) is 0. The first-order chi connectivity index (χ1) is 0. The second kappa shape index (κ2) is 25.7. The molecule has 0 unspecified atom stereocenters. The monoisotopic (exact) mass is 458 g/mol. The normalized spacial score (nSPS) is 0. The molecule has 0 radical (unpaired) electrons. The Bertz CT molecular complexity index is 7.61. The molecule has 0 saturated heterocycles. The van der Waals surface area contributed by atoms with Crippen molar-refractivity contribution in [3.8, 4) is 0 Å². The summed E-state index contributed by atoms with van der Waals surface area (Å²) in [4.78, 5) is 0. The molecule has 0 aromatic carbocycles. The molecule has 0 aromatic heterocycles. The van der Waals surface area contributed by atoms with Gasteiger partial charge in [0.2, 0.25) is 0 Å². The van der Waals surface area contributed by atoms with Crippen LogP contribution in [0.5, 0.6) is 0 Å². The molecule has 5 heteroatoms. The summed E-state index contributed by atoms with van der Waals surface area (Å²) >= 11 is 0. The van der Waals surface area contributed by atoms with Crippen molar-refractivity contribution in [2.75, 3.05) is 0 Å². The van der Waals surface area contributed by atoms with Crippen molar-refractivity contribution in [2.24, 2.45) is 0 Å². The number of rotatable bonds is 0. The molecule has 5 heavy (non-hydrogen) atoms. The molecule has 0 aliphatic rings. The third kappa shape index (κ3) is 18.4. The van der Waals surface area contributed by atoms with E-state index >= 15 is 0 Å². The molecule has 0 atom stereocenters. The Labute approximate surface area is 107 Å². The van der Waals surface area contributed by atoms with Crippen LogP contribution in [0.3, 0.4) is 0 Å². The summed E-state index contributed by atoms with van der Waals surface area (Å²) in [6.07, 6.45) is 0. The van der Waals surface area contributed by atoms with Crippen LogP contribution >= 0.6 is 0 Å². The van der Waals surface area contributed by atoms with Crippen molar-refractivity contribution in [1.82, 2.24) is 0 Å². The van der Waals surface area contributed by atoms with Crippen molar-refractivity contribution in [3.63, 3.8) is 0 Å². The fourth-order valence-electron chi connectivity index (χ4n) is 0. The van der Waals surface area contributed by atoms with Crippen molar-refractivity contribution in [3.05, 3.63) is 0 Å². The van der Waals surface area contributed by atoms with Gasteiger partial charge in [-0.3, -0.25) is 0 Å². The first-order valence-electron chi connectivity index (χ1n) is 0. The number of hydrogen-bond donors (Lipinski definition) is 0. The van der Waals surface area contributed by atoms with Crippen LogP contribution in [0.4, 0.5) is 0 Å². The molecule has 0 heterocycles. The summed E-state index contributed by atoms with van der Waals surface area (Å²) in [6.45, 7) is 0. The van der Waals surface area contributed by atoms with Crippen LogP contribution in [0, 0.1) is 0 Å². The minimum absolute atomic E-state index is 0. The summed E-state index contributed by atoms with van der Waals surface area (Å²) in [5, 5.41) is 0. The Balaban J connectivity index is 0. The maximum atomic E-state index is 0. The Kier molecular flexibility index (Phi) is 198. The van der Waals surface area contributed by atoms with Gasteiger partial charge in [-0.2, -0.15) is 0 Å². The topological polar surface area (TPSA) is 0 Å². The molecule has 0 saturated carbocycles. The third-order valence-electron chi connectivity index (χ3n) is 0. The predicted octanol–water partition coefficient (Wildman–Crippen LogP) is -6.19. The van der Waals surface area contributed by atoms with Crippen LogP contribution in [0.25, 0.3) is 0 Å². The zero-order valence-electron chi connectivity index (χ0n) is 0. The van der Waals surface area contributed by atoms with Crippen LogP contribution < -0.4 is 0 Å². The van der Waals surface area contributed by atoms with E-state index in [0.29, 0.717) is 0 Å². The van der Waals surface area contributed by atoms with Gasteiger partial charge in [-0.05, 0) is 0 Å². The van der Waals surface area contributed by atoms with Crippen LogP contribution in [0.15, 0.2) is 0 Å². The van der Waals surface area contributed by atoms with E-state index in [1.165, 1.54) is 0 Å². The van der Waals surface area contributed by atoms with Gasteiger partial charge in [-0.1, -0.05) is 0 Å². The van der Waals surface area contributed by atoms with Gasteiger partial charge in [0, 0.05) is 0 Å². The average molecular weight is 458 g/mol. The molecule has 0 spiro atoms. The van der Waals surface area contributed by atoms with Gasteiger partial charge in [0.15, 0.2) is 0 Å². The SMILES string of the molecule is [GaH3].[GaH3].[GeH4].[InH3].[InH3]. The summed E-state index contributed by atoms with van der Waals surface area (Å²) in [5.74, 6) is 0. The van der Waals surface area contributed by atoms with Crippen LogP contribution in [0.2, 0.25) is 0 Å². The Hall–Kier alpha value is 3.56. The van der Waals surface area contributed by atoms with Gasteiger partial charge < -0.3 is 0 Å². The van der Waals surface area contributed by atoms with Crippen LogP contribution in [-0.4, -0.2) is 109 Å². The molecule has 0 fully saturated rings. The molecule has 0 bridgehead atoms. The van der Waals surface area contributed by atoms with Gasteiger partial charge in [0.1, 0.15) is 0 Å². The quantitative estimate of drug-likeness (QED) is 0.318. The molecule has 0 rings (SSSR count). The van der Waals surface area contributed by atoms with Gasteiger partial charge in [-0.25, -0.2) is 0 Å². The van der Waals surface area contributed by atoms with E-state index in [0.717, 1.165) is 0 Å². The van der Waals surface area contributed by atoms with E-state index < -0.39 is 0 Å². The van der Waals surface area contributed by atoms with E-state index in [2.05, 4.69) is 0 Å². The molecule has 32 valence electrons. The second-order valence-electron chi connectivity index (χ2n) is 0. The summed E-state index contributed by atoms with van der Waals surface area (Å²) < 4.78 is 0. The first-order valence-corrected chi connectivity index (χ1v) is 0. The van der Waals surface area contributed by atoms with E-state index in [-0.39, 0.29) is 109 Å². The predicted molar refractivity (Wildman–Crippen MR) is 51.1 cm³/mol. The van der Waals surface area contributed by atoms with E-state index in [4.69, 9.17) is 0 Å². The van der Waals surface area contributed by atoms with Crippen molar-refractivity contribution in [1.29, 1.82) is 0 Å². The summed E-state index contributed by atoms with van der Waals surface area (Å²) in [6, 6.07) is 0. The zero-order chi connectivity index (χ0) is 0. The zero-order valence-corrected chi connectivity index (χ0v) is 0. The van der Waals surface area contributed by atoms with Crippen molar-refractivity contribution in [2.45, 2.75) is 0 Å². The molecule has 0 nitrogen and oxygen atoms in total. The second-order valence-corrected chi connectivity index (χ2v) is 0. The molecular weight excluding hydrogens is 442 g/mol. The standard InChI is InChI=1S/2Ga.GeH4.2In.12H/h;;1H4;;;;;;;;;;;;;;. The Morgan fingerprint density at radius 2 is 0.600 bits per heavy atom. The van der Waals surface area contributed by atoms with E-state index in [1.54, 1.807) is 0 Å². The molecular formula is H16Ga2GeIn2. The summed E-state index contributed by atoms with van der Waals surface area (Å²) in [5.41, 5.74) is 0. The maximum absolute atomic E-state index is 0. The molecule has 0 aromatic rings. The first kappa shape index (κ1) is 38.6. The molecule has 0 aliphatic carbocycles. The molecule has 0 N–H and O–H groups in total. The van der Waals surface area contributed by atoms with Gasteiger partial charge in [0.25, 0.3) is 0 Å². The van der Waals surface area contributed by atoms with Crippen molar-refractivity contribution >= 4 is 109 Å². The van der Waals surface area contributed by atoms with Gasteiger partial charge >= 0.3 is 109 Å². The van der Waals surface area contributed by atoms with Gasteiger partial charge in [-0.15, -0.1) is 0 Å². The minimum atomic E-state index is 0. The van der Waals surface area contributed by atoms with E-state index in [1.807, 2.05) is 0 Å². The number of hydrogen-bond acceptors (Lipinski definition) is 0. The van der Waals surface area contributed by atoms with Crippen LogP contribution in [-0.2, 0) is 0 Å². The summed E-state index contributed by atoms with van der Waals surface area (Å²) in [7, 11) is 0. The van der Waals surface area contributed by atoms with E-state index in [9.17, 15) is 0 Å². The Morgan fingerprint density at radius 3 is 0.600 bits per heavy atom. The van der Waals surface area contributed by atoms with Crippen LogP contribution in [0.1, 0.15) is 0 Å². The Morgan fingerprint density at radius 1 is 0.600 bits per heavy atom. The van der Waals surface area contributed by atoms with Crippen molar-refractivity contribution < 1.29 is 0 Å². The third-order valence-corrected chi connectivity index (χ3v) is 0. The van der Waals surface area contributed by atoms with Gasteiger partial charge in [0.05, 0.1) is 0 Å². The molecule has 0 amide bonds.